The molecule has 0 aliphatic carbocycles. The molecule has 0 radical (unpaired) electrons. The summed E-state index contributed by atoms with van der Waals surface area (Å²) in [5, 5.41) is 23.1. The summed E-state index contributed by atoms with van der Waals surface area (Å²) in [6, 6.07) is 4.22. The highest BCUT2D eigenvalue weighted by Crippen LogP contribution is 2.31. The lowest BCUT2D eigenvalue weighted by molar-refractivity contribution is -0.140. The van der Waals surface area contributed by atoms with Crippen LogP contribution in [-0.4, -0.2) is 121 Å². The van der Waals surface area contributed by atoms with Crippen LogP contribution in [0.2, 0.25) is 0 Å². The Hall–Kier alpha value is -4.40. The van der Waals surface area contributed by atoms with E-state index in [0.29, 0.717) is 56.5 Å². The second-order valence-corrected chi connectivity index (χ2v) is 12.8. The molecule has 3 N–H and O–H groups in total. The number of carboxylic acids is 1. The smallest absolute Gasteiger partial charge is 0.325 e. The average Bonchev–Trinajstić information content (AvgIpc) is 3.70. The Morgan fingerprint density at radius 3 is 2.41 bits per heavy atom. The van der Waals surface area contributed by atoms with Gasteiger partial charge in [0, 0.05) is 56.8 Å². The lowest BCUT2D eigenvalue weighted by Gasteiger charge is -2.45. The number of nitrogens with one attached hydrogen (secondary N) is 2. The number of benzene rings is 1. The number of nitrogens with zero attached hydrogens (tertiary/aromatic N) is 6. The van der Waals surface area contributed by atoms with Crippen LogP contribution >= 0.6 is 0 Å². The minimum atomic E-state index is -1.08. The molecule has 246 valence electrons. The summed E-state index contributed by atoms with van der Waals surface area (Å²) in [5.74, 6) is -2.56. The summed E-state index contributed by atoms with van der Waals surface area (Å²) >= 11 is 0. The number of likely N-dealkylation sites (tertiary alicyclic amines) is 1. The number of fused-ring (bicyclic) bond motifs is 7. The molecule has 46 heavy (non-hydrogen) atoms. The first kappa shape index (κ1) is 31.6. The largest absolute Gasteiger partial charge is 0.480 e. The van der Waals surface area contributed by atoms with Gasteiger partial charge in [0.25, 0.3) is 5.91 Å². The second kappa shape index (κ2) is 13.1. The zero-order chi connectivity index (χ0) is 32.4. The van der Waals surface area contributed by atoms with Gasteiger partial charge in [-0.1, -0.05) is 5.21 Å². The van der Waals surface area contributed by atoms with Gasteiger partial charge in [-0.2, -0.15) is 0 Å². The molecule has 5 saturated heterocycles. The van der Waals surface area contributed by atoms with Gasteiger partial charge >= 0.3 is 5.97 Å². The highest BCUT2D eigenvalue weighted by Gasteiger charge is 2.45. The van der Waals surface area contributed by atoms with Crippen molar-refractivity contribution in [3.05, 3.63) is 47.5 Å². The van der Waals surface area contributed by atoms with Crippen LogP contribution in [0.4, 0.5) is 4.39 Å². The lowest BCUT2D eigenvalue weighted by atomic mass is 9.83. The number of hydrogen-bond acceptors (Lipinski definition) is 8. The number of piperidine rings is 2. The maximum atomic E-state index is 13.9. The Morgan fingerprint density at radius 1 is 1.00 bits per heavy atom. The van der Waals surface area contributed by atoms with Crippen LogP contribution in [0.15, 0.2) is 30.5 Å². The van der Waals surface area contributed by atoms with E-state index in [0.717, 1.165) is 17.6 Å². The molecule has 5 fully saturated rings. The summed E-state index contributed by atoms with van der Waals surface area (Å²) in [7, 11) is 0. The Labute approximate surface area is 265 Å². The topological polar surface area (TPSA) is 170 Å². The molecule has 1 aromatic heterocycles. The van der Waals surface area contributed by atoms with Crippen LogP contribution in [0.3, 0.4) is 0 Å². The number of aromatic nitrogens is 3. The van der Waals surface area contributed by atoms with Gasteiger partial charge in [0.05, 0.1) is 17.3 Å². The average molecular weight is 639 g/mol. The molecule has 2 atom stereocenters. The van der Waals surface area contributed by atoms with E-state index in [1.54, 1.807) is 9.80 Å². The van der Waals surface area contributed by atoms with Gasteiger partial charge in [-0.25, -0.2) is 9.07 Å². The first-order valence-electron chi connectivity index (χ1n) is 15.9. The van der Waals surface area contributed by atoms with Gasteiger partial charge in [-0.3, -0.25) is 28.9 Å². The molecule has 15 heteroatoms. The van der Waals surface area contributed by atoms with Crippen LogP contribution in [0.1, 0.15) is 61.0 Å². The molecule has 2 aromatic rings. The van der Waals surface area contributed by atoms with Gasteiger partial charge in [0.15, 0.2) is 0 Å². The maximum absolute atomic E-state index is 13.9. The highest BCUT2D eigenvalue weighted by atomic mass is 19.1. The number of hydrogen-bond donors (Lipinski definition) is 3. The van der Waals surface area contributed by atoms with Crippen molar-refractivity contribution in [2.45, 2.75) is 81.6 Å². The predicted molar refractivity (Wildman–Crippen MR) is 160 cm³/mol. The molecule has 7 rings (SSSR count). The van der Waals surface area contributed by atoms with Gasteiger partial charge in [0.2, 0.25) is 17.7 Å². The van der Waals surface area contributed by atoms with Crippen molar-refractivity contribution in [3.8, 4) is 0 Å². The first-order valence-corrected chi connectivity index (χ1v) is 15.9. The van der Waals surface area contributed by atoms with Gasteiger partial charge in [0.1, 0.15) is 18.4 Å². The SMILES string of the molecule is O=C(O)Cn1cc(C[C@H]2NC(=O)CC3(CCN(C(=O)c4ccc(F)cc4)CC3)NC(=O)[C@@H]3CCCN3C3CCN(CC3)C2=O)nn1. The minimum absolute atomic E-state index is 0.0254. The summed E-state index contributed by atoms with van der Waals surface area (Å²) in [5.41, 5.74) is -0.221. The maximum Gasteiger partial charge on any atom is 0.325 e. The van der Waals surface area contributed by atoms with Crippen molar-refractivity contribution in [3.63, 3.8) is 0 Å². The van der Waals surface area contributed by atoms with E-state index in [-0.39, 0.29) is 62.3 Å². The van der Waals surface area contributed by atoms with Crippen molar-refractivity contribution >= 4 is 29.6 Å². The summed E-state index contributed by atoms with van der Waals surface area (Å²) in [4.78, 5) is 71.4. The molecule has 0 saturated carbocycles. The number of carbonyl (C=O) groups excluding carboxylic acids is 4. The zero-order valence-corrected chi connectivity index (χ0v) is 25.6. The van der Waals surface area contributed by atoms with E-state index in [2.05, 4.69) is 25.8 Å². The highest BCUT2D eigenvalue weighted by molar-refractivity contribution is 5.94. The van der Waals surface area contributed by atoms with Crippen molar-refractivity contribution < 1.29 is 33.5 Å². The van der Waals surface area contributed by atoms with E-state index < -0.39 is 29.3 Å². The number of carbonyl (C=O) groups is 5. The zero-order valence-electron chi connectivity index (χ0n) is 25.6. The molecule has 14 nitrogen and oxygen atoms in total. The Balaban J connectivity index is 1.24. The van der Waals surface area contributed by atoms with Gasteiger partial charge in [-0.15, -0.1) is 5.10 Å². The van der Waals surface area contributed by atoms with Crippen LogP contribution in [0.25, 0.3) is 0 Å². The third-order valence-electron chi connectivity index (χ3n) is 9.76. The fourth-order valence-corrected chi connectivity index (χ4v) is 7.36. The van der Waals surface area contributed by atoms with Crippen molar-refractivity contribution in [1.82, 2.24) is 40.3 Å². The molecule has 1 spiro atoms. The first-order chi connectivity index (χ1) is 22.1. The van der Waals surface area contributed by atoms with E-state index in [9.17, 15) is 28.4 Å². The summed E-state index contributed by atoms with van der Waals surface area (Å²) in [6.45, 7) is 1.96. The number of aliphatic carboxylic acids is 1. The third-order valence-corrected chi connectivity index (χ3v) is 9.76. The van der Waals surface area contributed by atoms with E-state index >= 15 is 0 Å². The van der Waals surface area contributed by atoms with Gasteiger partial charge < -0.3 is 25.5 Å². The molecular weight excluding hydrogens is 599 g/mol. The van der Waals surface area contributed by atoms with E-state index in [4.69, 9.17) is 5.11 Å². The Kier molecular flexibility index (Phi) is 9.02. The summed E-state index contributed by atoms with van der Waals surface area (Å²) < 4.78 is 14.6. The predicted octanol–water partition coefficient (Wildman–Crippen LogP) is 0.179. The fourth-order valence-electron chi connectivity index (χ4n) is 7.36. The van der Waals surface area contributed by atoms with E-state index in [1.165, 1.54) is 30.5 Å². The van der Waals surface area contributed by atoms with Crippen LogP contribution in [-0.2, 0) is 32.1 Å². The number of halogens is 1. The number of carboxylic acid groups (broad SMARTS) is 1. The van der Waals surface area contributed by atoms with Gasteiger partial charge in [-0.05, 0) is 69.3 Å². The molecule has 5 aliphatic heterocycles. The van der Waals surface area contributed by atoms with Crippen molar-refractivity contribution in [1.29, 1.82) is 0 Å². The lowest BCUT2D eigenvalue weighted by Crippen LogP contribution is -2.63. The number of amides is 4. The normalized spacial score (nSPS) is 24.4. The molecule has 0 unspecified atom stereocenters. The van der Waals surface area contributed by atoms with E-state index in [1.807, 2.05) is 0 Å². The molecule has 5 aliphatic rings. The fraction of sp³-hybridized carbons (Fsp3) is 0.581. The van der Waals surface area contributed by atoms with Crippen LogP contribution < -0.4 is 10.6 Å². The Morgan fingerprint density at radius 2 is 1.72 bits per heavy atom. The minimum Gasteiger partial charge on any atom is -0.480 e. The third kappa shape index (κ3) is 6.88. The molecular formula is C31H39FN8O6. The second-order valence-electron chi connectivity index (χ2n) is 12.8. The standard InChI is InChI=1S/C31H39FN8O6/c32-21-5-3-20(4-6-21)29(45)38-14-9-31(10-15-38)17-26(41)33-24(16-22-18-39(36-35-22)19-27(42)43)30(46)37-12-7-23(8-13-37)40-11-1-2-25(40)28(44)34-31/h3-6,18,23-25H,1-2,7-17,19H2,(H,33,41)(H,34,44)(H,42,43)/t24-,25+/m1/s1. The van der Waals surface area contributed by atoms with Crippen LogP contribution in [0, 0.1) is 5.82 Å². The molecule has 1 aromatic carbocycles. The molecule has 4 amide bonds. The van der Waals surface area contributed by atoms with Crippen molar-refractivity contribution in [2.75, 3.05) is 32.7 Å². The molecule has 6 heterocycles. The molecule has 2 bridgehead atoms. The number of rotatable bonds is 5. The quantitative estimate of drug-likeness (QED) is 0.414. The Bertz CT molecular complexity index is 1480. The summed E-state index contributed by atoms with van der Waals surface area (Å²) in [6.07, 6.45) is 5.04. The van der Waals surface area contributed by atoms with Crippen LogP contribution in [0.5, 0.6) is 0 Å². The van der Waals surface area contributed by atoms with Crippen molar-refractivity contribution in [2.24, 2.45) is 0 Å². The monoisotopic (exact) mass is 638 g/mol.